The quantitative estimate of drug-likeness (QED) is 0.406. The third-order valence-corrected chi connectivity index (χ3v) is 12.1. The largest absolute Gasteiger partial charge is 0.296 e. The van der Waals surface area contributed by atoms with Crippen molar-refractivity contribution in [3.8, 4) is 0 Å². The van der Waals surface area contributed by atoms with Crippen molar-refractivity contribution in [1.29, 1.82) is 0 Å². The van der Waals surface area contributed by atoms with E-state index in [4.69, 9.17) is 0 Å². The topological polar surface area (TPSA) is 3.24 Å². The van der Waals surface area contributed by atoms with Gasteiger partial charge in [0.1, 0.15) is 0 Å². The second kappa shape index (κ2) is 9.57. The summed E-state index contributed by atoms with van der Waals surface area (Å²) in [6, 6.07) is 12.7. The van der Waals surface area contributed by atoms with Crippen LogP contribution in [0, 0.1) is 46.3 Å². The molecule has 1 saturated heterocycles. The van der Waals surface area contributed by atoms with Gasteiger partial charge in [0.25, 0.3) is 0 Å². The van der Waals surface area contributed by atoms with Crippen LogP contribution in [0.2, 0.25) is 0 Å². The minimum Gasteiger partial charge on any atom is -0.296 e. The Balaban J connectivity index is 1.30. The number of hydrogen-bond acceptors (Lipinski definition) is 1. The summed E-state index contributed by atoms with van der Waals surface area (Å²) in [5.74, 6) is 5.71. The summed E-state index contributed by atoms with van der Waals surface area (Å²) in [5.41, 5.74) is 2.68. The molecule has 34 heavy (non-hydrogen) atoms. The van der Waals surface area contributed by atoms with Crippen molar-refractivity contribution >= 4 is 0 Å². The minimum atomic E-state index is 0.519. The Bertz CT molecular complexity index is 815. The van der Waals surface area contributed by atoms with Gasteiger partial charge in [0.15, 0.2) is 0 Å². The van der Waals surface area contributed by atoms with Gasteiger partial charge < -0.3 is 0 Å². The Hall–Kier alpha value is -0.820. The van der Waals surface area contributed by atoms with Crippen LogP contribution in [0.3, 0.4) is 0 Å². The highest BCUT2D eigenvalue weighted by atomic mass is 15.2. The number of likely N-dealkylation sites (tertiary alicyclic amines) is 1. The van der Waals surface area contributed by atoms with Gasteiger partial charge in [-0.2, -0.15) is 0 Å². The molecule has 190 valence electrons. The Kier molecular flexibility index (Phi) is 7.00. The highest BCUT2D eigenvalue weighted by molar-refractivity contribution is 5.22. The third kappa shape index (κ3) is 4.10. The average molecular weight is 464 g/mol. The molecule has 1 nitrogen and oxygen atoms in total. The smallest absolute Gasteiger partial charge is 0.0348 e. The summed E-state index contributed by atoms with van der Waals surface area (Å²) in [4.78, 5) is 2.82. The lowest BCUT2D eigenvalue weighted by Gasteiger charge is -2.63. The van der Waals surface area contributed by atoms with Gasteiger partial charge in [0.05, 0.1) is 0 Å². The molecule has 5 rings (SSSR count). The van der Waals surface area contributed by atoms with E-state index in [0.717, 1.165) is 41.5 Å². The molecular weight excluding hydrogens is 410 g/mol. The second-order valence-electron chi connectivity index (χ2n) is 14.1. The fourth-order valence-electron chi connectivity index (χ4n) is 10.4. The number of hydrogen-bond donors (Lipinski definition) is 0. The normalized spacial score (nSPS) is 43.3. The van der Waals surface area contributed by atoms with E-state index in [1.807, 2.05) is 0 Å². The summed E-state index contributed by atoms with van der Waals surface area (Å²) in [6.07, 6.45) is 16.1. The molecule has 1 aliphatic heterocycles. The highest BCUT2D eigenvalue weighted by Crippen LogP contribution is 2.68. The van der Waals surface area contributed by atoms with Gasteiger partial charge in [-0.3, -0.25) is 4.90 Å². The van der Waals surface area contributed by atoms with Crippen LogP contribution in [0.15, 0.2) is 30.3 Å². The number of benzene rings is 1. The van der Waals surface area contributed by atoms with Gasteiger partial charge in [-0.15, -0.1) is 0 Å². The summed E-state index contributed by atoms with van der Waals surface area (Å²) < 4.78 is 0. The molecule has 1 aromatic rings. The van der Waals surface area contributed by atoms with Crippen LogP contribution in [-0.4, -0.2) is 18.0 Å². The zero-order valence-corrected chi connectivity index (χ0v) is 23.2. The molecule has 1 aromatic carbocycles. The van der Waals surface area contributed by atoms with Crippen molar-refractivity contribution < 1.29 is 0 Å². The zero-order valence-electron chi connectivity index (χ0n) is 23.2. The lowest BCUT2D eigenvalue weighted by molar-refractivity contribution is -0.137. The van der Waals surface area contributed by atoms with Crippen LogP contribution < -0.4 is 0 Å². The number of piperidine rings is 1. The van der Waals surface area contributed by atoms with Crippen molar-refractivity contribution in [3.63, 3.8) is 0 Å². The molecular formula is C33H53N. The lowest BCUT2D eigenvalue weighted by atomic mass is 9.46. The number of nitrogens with zero attached hydrogens (tertiary/aromatic N) is 1. The second-order valence-corrected chi connectivity index (χ2v) is 14.1. The van der Waals surface area contributed by atoms with E-state index in [-0.39, 0.29) is 0 Å². The molecule has 0 radical (unpaired) electrons. The van der Waals surface area contributed by atoms with E-state index in [9.17, 15) is 0 Å². The number of rotatable bonds is 6. The summed E-state index contributed by atoms with van der Waals surface area (Å²) >= 11 is 0. The van der Waals surface area contributed by atoms with Gasteiger partial charge in [-0.25, -0.2) is 0 Å². The molecule has 3 saturated carbocycles. The Morgan fingerprint density at radius 2 is 1.53 bits per heavy atom. The molecule has 4 aliphatic rings. The molecule has 0 bridgehead atoms. The van der Waals surface area contributed by atoms with Crippen molar-refractivity contribution in [2.24, 2.45) is 46.3 Å². The maximum Gasteiger partial charge on any atom is 0.0348 e. The Morgan fingerprint density at radius 3 is 2.26 bits per heavy atom. The standard InChI is InChI=1S/C33H53N/c1-23(2)11-10-12-24(3)27-16-17-28-26-15-18-31-33(5,29(26)19-21-32(27,28)4)22-20-30(34(31)6)25-13-8-7-9-14-25/h7-9,13-14,23-24,26-31H,10-12,15-22H2,1-6H3/t24?,26?,27-,28?,29?,30-,31-,32-,33-/m1/s1. The van der Waals surface area contributed by atoms with E-state index in [2.05, 4.69) is 76.9 Å². The first-order chi connectivity index (χ1) is 16.3. The molecule has 1 heteroatoms. The van der Waals surface area contributed by atoms with Crippen molar-refractivity contribution in [3.05, 3.63) is 35.9 Å². The van der Waals surface area contributed by atoms with Gasteiger partial charge >= 0.3 is 0 Å². The summed E-state index contributed by atoms with van der Waals surface area (Å²) in [6.45, 7) is 12.9. The maximum atomic E-state index is 2.82. The first-order valence-electron chi connectivity index (χ1n) is 15.0. The van der Waals surface area contributed by atoms with Gasteiger partial charge in [-0.1, -0.05) is 84.2 Å². The van der Waals surface area contributed by atoms with Gasteiger partial charge in [-0.05, 0) is 110 Å². The molecule has 1 heterocycles. The van der Waals surface area contributed by atoms with E-state index in [1.54, 1.807) is 0 Å². The molecule has 3 aliphatic carbocycles. The highest BCUT2D eigenvalue weighted by Gasteiger charge is 2.61. The molecule has 4 fully saturated rings. The van der Waals surface area contributed by atoms with Gasteiger partial charge in [0.2, 0.25) is 0 Å². The first kappa shape index (κ1) is 24.9. The van der Waals surface area contributed by atoms with E-state index < -0.39 is 0 Å². The molecule has 4 unspecified atom stereocenters. The van der Waals surface area contributed by atoms with Gasteiger partial charge in [0, 0.05) is 12.1 Å². The Morgan fingerprint density at radius 1 is 0.824 bits per heavy atom. The minimum absolute atomic E-state index is 0.519. The van der Waals surface area contributed by atoms with Crippen LogP contribution in [0.4, 0.5) is 0 Å². The molecule has 0 N–H and O–H groups in total. The van der Waals surface area contributed by atoms with Crippen molar-refractivity contribution in [2.45, 2.75) is 117 Å². The SMILES string of the molecule is CC(C)CCCC(C)[C@H]1CCC2C3CC[C@H]4N(C)[C@@H](c5ccccc5)CC[C@]4(C)C3CC[C@@]21C. The monoisotopic (exact) mass is 463 g/mol. The molecule has 0 aromatic heterocycles. The fourth-order valence-corrected chi connectivity index (χ4v) is 10.4. The van der Waals surface area contributed by atoms with E-state index in [0.29, 0.717) is 16.9 Å². The van der Waals surface area contributed by atoms with Crippen LogP contribution in [0.25, 0.3) is 0 Å². The van der Waals surface area contributed by atoms with E-state index in [1.165, 1.54) is 76.2 Å². The Labute approximate surface area is 211 Å². The molecule has 9 atom stereocenters. The molecule has 0 amide bonds. The fraction of sp³-hybridized carbons (Fsp3) is 0.818. The first-order valence-corrected chi connectivity index (χ1v) is 15.0. The van der Waals surface area contributed by atoms with Crippen molar-refractivity contribution in [2.75, 3.05) is 7.05 Å². The van der Waals surface area contributed by atoms with Crippen LogP contribution in [0.5, 0.6) is 0 Å². The third-order valence-electron chi connectivity index (χ3n) is 12.1. The summed E-state index contributed by atoms with van der Waals surface area (Å²) in [7, 11) is 2.46. The predicted octanol–water partition coefficient (Wildman–Crippen LogP) is 9.14. The maximum absolute atomic E-state index is 2.82. The number of fused-ring (bicyclic) bond motifs is 5. The van der Waals surface area contributed by atoms with Crippen LogP contribution in [0.1, 0.15) is 117 Å². The zero-order chi connectivity index (χ0) is 24.1. The van der Waals surface area contributed by atoms with Crippen molar-refractivity contribution in [1.82, 2.24) is 4.90 Å². The average Bonchev–Trinajstić information content (AvgIpc) is 3.17. The van der Waals surface area contributed by atoms with Crippen LogP contribution in [-0.2, 0) is 0 Å². The lowest BCUT2D eigenvalue weighted by Crippen LogP contribution is -2.60. The van der Waals surface area contributed by atoms with E-state index >= 15 is 0 Å². The predicted molar refractivity (Wildman–Crippen MR) is 146 cm³/mol. The molecule has 0 spiro atoms. The van der Waals surface area contributed by atoms with Crippen LogP contribution >= 0.6 is 0 Å². The summed E-state index contributed by atoms with van der Waals surface area (Å²) in [5, 5.41) is 0.